The van der Waals surface area contributed by atoms with Gasteiger partial charge in [-0.15, -0.1) is 0 Å². The summed E-state index contributed by atoms with van der Waals surface area (Å²) in [5.74, 6) is 0. The third kappa shape index (κ3) is 12.7. The molecule has 0 fully saturated rings. The molecule has 9 heteroatoms. The van der Waals surface area contributed by atoms with Gasteiger partial charge in [-0.25, -0.2) is 0 Å². The van der Waals surface area contributed by atoms with E-state index in [0.717, 1.165) is 39.8 Å². The molecule has 9 heterocycles. The third-order valence-electron chi connectivity index (χ3n) is 30.7. The second kappa shape index (κ2) is 33.5. The van der Waals surface area contributed by atoms with Crippen molar-refractivity contribution in [2.75, 3.05) is 0 Å². The van der Waals surface area contributed by atoms with Gasteiger partial charge in [0.25, 0.3) is 0 Å². The van der Waals surface area contributed by atoms with E-state index in [2.05, 4.69) is 581 Å². The van der Waals surface area contributed by atoms with E-state index in [4.69, 9.17) is 0 Å². The summed E-state index contributed by atoms with van der Waals surface area (Å²) in [5.41, 5.74) is 36.9. The molecular weight excluding hydrogens is 1780 g/mol. The molecule has 0 unspecified atom stereocenters. The third-order valence-corrected chi connectivity index (χ3v) is 30.7. The van der Waals surface area contributed by atoms with Gasteiger partial charge in [-0.3, -0.25) is 0 Å². The first-order chi connectivity index (χ1) is 73.1. The maximum absolute atomic E-state index is 2.50. The van der Waals surface area contributed by atoms with Gasteiger partial charge >= 0.3 is 0 Å². The van der Waals surface area contributed by atoms with E-state index in [1.54, 1.807) is 0 Å². The van der Waals surface area contributed by atoms with Crippen molar-refractivity contribution in [1.82, 2.24) is 41.1 Å². The topological polar surface area (TPSA) is 44.4 Å². The monoisotopic (exact) mass is 1870 g/mol. The van der Waals surface area contributed by atoms with E-state index in [0.29, 0.717) is 0 Å². The summed E-state index contributed by atoms with van der Waals surface area (Å²) >= 11 is 0. The largest absolute Gasteiger partial charge is 0.309 e. The Morgan fingerprint density at radius 3 is 0.578 bits per heavy atom. The lowest BCUT2D eigenvalue weighted by Gasteiger charge is -2.15. The molecule has 147 heavy (non-hydrogen) atoms. The standard InChI is InChI=1S/2C48H31N3.C42H27N3/c1-3-15-32(16-4-1)33-17-13-20-35(31-33)50-42-26-11-7-21-36(42)38-24-14-28-45(47(38)50)51-43-27-12-9-23-40(43)46-44(51)30-29-39-37-22-8-10-25-41(37)49(48(39)46)34-18-5-2-6-19-34;1-3-14-32(15-4-1)33-26-28-35(29-27-33)49-41-22-10-7-18-36(41)38-21-13-25-45(47(38)49)51-43-24-12-9-20-40(43)46-44(51)31-30-39-37-19-8-11-23-42(37)50(48(39)46)34-16-5-2-6-17-34;1-3-14-28(15-4-1)43-35-22-10-7-18-30(35)32-21-13-25-39(41(32)43)45-37-24-12-9-20-34(37)40-38(45)27-26-33-31-19-8-11-23-36(31)44(42(33)40)29-16-5-2-6-17-29/h2*1-31H;1-27H. The highest BCUT2D eigenvalue weighted by Gasteiger charge is 2.30. The molecule has 0 aliphatic carbocycles. The molecule has 0 amide bonds. The van der Waals surface area contributed by atoms with Gasteiger partial charge < -0.3 is 41.1 Å². The van der Waals surface area contributed by atoms with E-state index >= 15 is 0 Å². The first kappa shape index (κ1) is 83.1. The van der Waals surface area contributed by atoms with Crippen molar-refractivity contribution in [2.24, 2.45) is 0 Å². The van der Waals surface area contributed by atoms with Crippen LogP contribution in [0.15, 0.2) is 540 Å². The minimum absolute atomic E-state index is 1.14. The molecule has 0 atom stereocenters. The van der Waals surface area contributed by atoms with Crippen molar-refractivity contribution in [3.8, 4) is 73.4 Å². The number of fused-ring (bicyclic) bond motifs is 30. The SMILES string of the molecule is c1ccc(-c2ccc(-n3c4ccccc4c4cccc(-n5c6ccccc6c6c5ccc5c7ccccc7n(-c7ccccc7)c56)c43)cc2)cc1.c1ccc(-c2cccc(-n3c4ccccc4c4cccc(-n5c6ccccc6c6c5ccc5c7ccccc7n(-c7ccccc7)c56)c43)c2)cc1.c1ccc(-n2c3ccccc3c3cccc(-n4c5ccccc5c5c4ccc4c6ccccc6n(-c6ccccc6)c45)c32)cc1. The summed E-state index contributed by atoms with van der Waals surface area (Å²) in [7, 11) is 0. The van der Waals surface area contributed by atoms with Crippen LogP contribution >= 0.6 is 0 Å². The minimum Gasteiger partial charge on any atom is -0.309 e. The van der Waals surface area contributed by atoms with E-state index in [1.807, 2.05) is 0 Å². The molecule has 0 radical (unpaired) electrons. The Hall–Kier alpha value is -19.7. The quantitative estimate of drug-likeness (QED) is 0.124. The van der Waals surface area contributed by atoms with Crippen molar-refractivity contribution in [1.29, 1.82) is 0 Å². The Bertz CT molecular complexity index is 10900. The van der Waals surface area contributed by atoms with Crippen molar-refractivity contribution in [3.05, 3.63) is 540 Å². The molecule has 9 nitrogen and oxygen atoms in total. The van der Waals surface area contributed by atoms with Crippen LogP contribution in [0, 0.1) is 0 Å². The van der Waals surface area contributed by atoms with E-state index < -0.39 is 0 Å². The molecule has 686 valence electrons. The normalized spacial score (nSPS) is 11.9. The zero-order valence-electron chi connectivity index (χ0n) is 79.9. The first-order valence-electron chi connectivity index (χ1n) is 50.6. The van der Waals surface area contributed by atoms with Gasteiger partial charge in [-0.2, -0.15) is 0 Å². The molecule has 32 aromatic rings. The summed E-state index contributed by atoms with van der Waals surface area (Å²) in [4.78, 5) is 0. The summed E-state index contributed by atoms with van der Waals surface area (Å²) in [6.45, 7) is 0. The number of aromatic nitrogens is 9. The summed E-state index contributed by atoms with van der Waals surface area (Å²) in [5, 5.41) is 22.5. The van der Waals surface area contributed by atoms with Crippen LogP contribution in [-0.4, -0.2) is 41.1 Å². The van der Waals surface area contributed by atoms with Gasteiger partial charge in [-0.05, 0) is 186 Å². The maximum atomic E-state index is 2.50. The van der Waals surface area contributed by atoms with Crippen molar-refractivity contribution in [2.45, 2.75) is 0 Å². The van der Waals surface area contributed by atoms with Crippen molar-refractivity contribution < 1.29 is 0 Å². The highest BCUT2D eigenvalue weighted by atomic mass is 15.1. The van der Waals surface area contributed by atoms with Crippen LogP contribution in [0.2, 0.25) is 0 Å². The van der Waals surface area contributed by atoms with Crippen LogP contribution in [-0.2, 0) is 0 Å². The summed E-state index contributed by atoms with van der Waals surface area (Å²) in [6.07, 6.45) is 0. The molecule has 0 saturated carbocycles. The van der Waals surface area contributed by atoms with Gasteiger partial charge in [0, 0.05) is 131 Å². The Morgan fingerprint density at radius 1 is 0.0952 bits per heavy atom. The molecule has 32 rings (SSSR count). The Morgan fingerprint density at radius 2 is 0.286 bits per heavy atom. The van der Waals surface area contributed by atoms with Crippen LogP contribution in [0.25, 0.3) is 270 Å². The van der Waals surface area contributed by atoms with Crippen LogP contribution in [0.4, 0.5) is 0 Å². The Labute approximate surface area is 844 Å². The molecule has 9 aromatic heterocycles. The molecule has 0 aliphatic rings. The Balaban J connectivity index is 0.000000102. The lowest BCUT2D eigenvalue weighted by molar-refractivity contribution is 1.13. The zero-order valence-corrected chi connectivity index (χ0v) is 79.9. The van der Waals surface area contributed by atoms with Gasteiger partial charge in [0.05, 0.1) is 116 Å². The maximum Gasteiger partial charge on any atom is 0.0782 e. The fourth-order valence-electron chi connectivity index (χ4n) is 24.7. The van der Waals surface area contributed by atoms with E-state index in [-0.39, 0.29) is 0 Å². The van der Waals surface area contributed by atoms with Crippen LogP contribution in [0.1, 0.15) is 0 Å². The number of nitrogens with zero attached hydrogens (tertiary/aromatic N) is 9. The number of benzene rings is 23. The van der Waals surface area contributed by atoms with Gasteiger partial charge in [0.1, 0.15) is 0 Å². The smallest absolute Gasteiger partial charge is 0.0782 e. The Kier molecular flexibility index (Phi) is 18.9. The first-order valence-corrected chi connectivity index (χ1v) is 50.6. The van der Waals surface area contributed by atoms with Crippen LogP contribution in [0.5, 0.6) is 0 Å². The van der Waals surface area contributed by atoms with Crippen molar-refractivity contribution >= 4 is 196 Å². The van der Waals surface area contributed by atoms with Crippen LogP contribution in [0.3, 0.4) is 0 Å². The minimum atomic E-state index is 1.14. The number of rotatable bonds is 11. The zero-order chi connectivity index (χ0) is 96.4. The summed E-state index contributed by atoms with van der Waals surface area (Å²) < 4.78 is 22.2. The average Bonchev–Trinajstić information content (AvgIpc) is 1.54. The molecular formula is C138H89N9. The number of hydrogen-bond acceptors (Lipinski definition) is 0. The van der Waals surface area contributed by atoms with Crippen LogP contribution < -0.4 is 0 Å². The lowest BCUT2D eigenvalue weighted by atomic mass is 10.1. The van der Waals surface area contributed by atoms with E-state index in [1.165, 1.54) is 230 Å². The molecule has 0 N–H and O–H groups in total. The molecule has 23 aromatic carbocycles. The van der Waals surface area contributed by atoms with E-state index in [9.17, 15) is 0 Å². The lowest BCUT2D eigenvalue weighted by Crippen LogP contribution is -2.01. The second-order valence-electron chi connectivity index (χ2n) is 38.4. The predicted molar refractivity (Wildman–Crippen MR) is 619 cm³/mol. The summed E-state index contributed by atoms with van der Waals surface area (Å²) in [6, 6.07) is 196. The number of hydrogen-bond donors (Lipinski definition) is 0. The van der Waals surface area contributed by atoms with Gasteiger partial charge in [0.15, 0.2) is 0 Å². The highest BCUT2D eigenvalue weighted by Crippen LogP contribution is 2.51. The van der Waals surface area contributed by atoms with Gasteiger partial charge in [-0.1, -0.05) is 376 Å². The molecule has 0 spiro atoms. The second-order valence-corrected chi connectivity index (χ2v) is 38.4. The van der Waals surface area contributed by atoms with Crippen molar-refractivity contribution in [3.63, 3.8) is 0 Å². The fourth-order valence-corrected chi connectivity index (χ4v) is 24.7. The fraction of sp³-hybridized carbons (Fsp3) is 0. The average molecular weight is 1870 g/mol. The molecule has 0 aliphatic heterocycles. The molecule has 0 bridgehead atoms. The highest BCUT2D eigenvalue weighted by molar-refractivity contribution is 6.31. The van der Waals surface area contributed by atoms with Gasteiger partial charge in [0.2, 0.25) is 0 Å². The predicted octanol–water partition coefficient (Wildman–Crippen LogP) is 36.3. The number of para-hydroxylation sites is 16. The molecule has 0 saturated heterocycles.